The zero-order valence-corrected chi connectivity index (χ0v) is 12.2. The van der Waals surface area contributed by atoms with E-state index in [4.69, 9.17) is 32.2 Å². The van der Waals surface area contributed by atoms with Gasteiger partial charge in [0.25, 0.3) is 0 Å². The third kappa shape index (κ3) is 3.13. The van der Waals surface area contributed by atoms with Crippen LogP contribution in [0.4, 0.5) is 0 Å². The number of ether oxygens (including phenoxy) is 1. The van der Waals surface area contributed by atoms with Gasteiger partial charge in [-0.1, -0.05) is 31.2 Å². The fourth-order valence-electron chi connectivity index (χ4n) is 2.47. The molecule has 2 aliphatic rings. The number of aryl methyl sites for hydroxylation is 1. The molecule has 2 heteroatoms. The monoisotopic (exact) mass is 336 g/mol. The lowest BCUT2D eigenvalue weighted by atomic mass is 9.68. The van der Waals surface area contributed by atoms with Crippen molar-refractivity contribution in [2.45, 2.75) is 77.3 Å². The number of phenolic OH excluding ortho intramolecular Hbond substituents is 1. The van der Waals surface area contributed by atoms with Crippen molar-refractivity contribution in [3.05, 3.63) is 34.9 Å². The number of hydrogen-bond acceptors (Lipinski definition) is 2. The second kappa shape index (κ2) is 6.22. The van der Waals surface area contributed by atoms with Gasteiger partial charge in [0, 0.05) is 46.1 Å². The molecule has 0 amide bonds. The summed E-state index contributed by atoms with van der Waals surface area (Å²) >= 11 is 0. The summed E-state index contributed by atoms with van der Waals surface area (Å²) in [5, 5.41) is 11.2. The van der Waals surface area contributed by atoms with E-state index in [1.54, 1.807) is 0 Å². The van der Waals surface area contributed by atoms with Gasteiger partial charge in [-0.2, -0.15) is 0 Å². The average Bonchev–Trinajstić information content (AvgIpc) is 2.81. The first-order valence-corrected chi connectivity index (χ1v) is 6.74. The Balaban J connectivity index is 2.54. The zero-order chi connectivity index (χ0) is 35.8. The van der Waals surface area contributed by atoms with E-state index in [1.165, 1.54) is 0 Å². The Morgan fingerprint density at radius 1 is 1.52 bits per heavy atom. The van der Waals surface area contributed by atoms with Gasteiger partial charge in [-0.3, -0.25) is 0 Å². The summed E-state index contributed by atoms with van der Waals surface area (Å²) in [6.45, 7) is -10.6. The molecule has 0 fully saturated rings. The van der Waals surface area contributed by atoms with E-state index in [-0.39, 0.29) is 5.57 Å². The van der Waals surface area contributed by atoms with E-state index in [0.29, 0.717) is 12.1 Å². The molecule has 0 spiro atoms. The summed E-state index contributed by atoms with van der Waals surface area (Å²) in [4.78, 5) is 0. The molecule has 23 heavy (non-hydrogen) atoms. The van der Waals surface area contributed by atoms with E-state index in [1.807, 2.05) is 0 Å². The topological polar surface area (TPSA) is 29.5 Å². The minimum atomic E-state index is -4.15. The maximum absolute atomic E-state index is 11.2. The van der Waals surface area contributed by atoms with Gasteiger partial charge in [0.15, 0.2) is 0 Å². The van der Waals surface area contributed by atoms with Gasteiger partial charge < -0.3 is 9.84 Å². The first-order valence-electron chi connectivity index (χ1n) is 17.7. The number of allylic oxidation sites excluding steroid dienone is 2. The fourth-order valence-corrected chi connectivity index (χ4v) is 2.47. The maximum Gasteiger partial charge on any atom is 0.127 e. The molecule has 1 aliphatic carbocycles. The molecule has 1 aliphatic heterocycles. The normalized spacial score (nSPS) is 52.4. The highest BCUT2D eigenvalue weighted by Crippen LogP contribution is 2.53. The summed E-state index contributed by atoms with van der Waals surface area (Å²) in [6.07, 6.45) is -20.2. The van der Waals surface area contributed by atoms with Crippen molar-refractivity contribution in [3.63, 3.8) is 0 Å². The van der Waals surface area contributed by atoms with Crippen LogP contribution >= 0.6 is 0 Å². The Bertz CT molecular complexity index is 1400. The van der Waals surface area contributed by atoms with Crippen LogP contribution in [0.5, 0.6) is 11.5 Å². The van der Waals surface area contributed by atoms with Gasteiger partial charge in [-0.15, -0.1) is 0 Å². The molecule has 0 radical (unpaired) electrons. The van der Waals surface area contributed by atoms with E-state index >= 15 is 0 Å². The lowest BCUT2D eigenvalue weighted by molar-refractivity contribution is 0.0107. The van der Waals surface area contributed by atoms with Crippen LogP contribution in [-0.4, -0.2) is 10.7 Å². The highest BCUT2D eigenvalue weighted by Gasteiger charge is 2.45. The van der Waals surface area contributed by atoms with E-state index in [2.05, 4.69) is 0 Å². The van der Waals surface area contributed by atoms with Gasteiger partial charge >= 0.3 is 0 Å². The van der Waals surface area contributed by atoms with Crippen molar-refractivity contribution >= 4 is 0 Å². The SMILES string of the molecule is [2H]C1=C(C)CC([2H])([2H])[C@@]2([2H])C(C([2H])([2H])[2H])(C([2H])([2H])[2H])Oc3cc(C([2H])([2H])C([2H])([2H])C([2H])([2H])C([2H])([2H])C([2H])([2H])[2H])cc(O)c3[C@]12[2H]. The second-order valence-corrected chi connectivity index (χ2v) is 5.16. The summed E-state index contributed by atoms with van der Waals surface area (Å²) in [5.41, 5.74) is -6.42. The van der Waals surface area contributed by atoms with Crippen molar-refractivity contribution in [1.82, 2.24) is 0 Å². The molecule has 1 N–H and O–H groups in total. The van der Waals surface area contributed by atoms with Crippen LogP contribution in [0.15, 0.2) is 23.8 Å². The number of phenols is 1. The Hall–Kier alpha value is -1.44. The highest BCUT2D eigenvalue weighted by atomic mass is 16.5. The van der Waals surface area contributed by atoms with Crippen molar-refractivity contribution in [2.75, 3.05) is 0 Å². The van der Waals surface area contributed by atoms with E-state index in [9.17, 15) is 7.85 Å². The standard InChI is InChI=1S/C21H30O2/c1-5-6-7-8-15-12-18(22)20-16-11-14(2)9-10-17(16)21(3,4)23-19(20)13-15/h11-13,16-17,22H,5-10H2,1-4H3/t16-,17-/m1/s1/i1D3,3D3,4D3,5D2,6D2,7D2,8D2,10D2,11D,16D,17D. The summed E-state index contributed by atoms with van der Waals surface area (Å²) in [6, 6.07) is -0.232. The van der Waals surface area contributed by atoms with E-state index in [0.717, 1.165) is 6.92 Å². The van der Waals surface area contributed by atoms with Crippen molar-refractivity contribution in [1.29, 1.82) is 0 Å². The molecule has 2 atom stereocenters. The molecule has 0 saturated heterocycles. The number of hydrogen-bond donors (Lipinski definition) is 1. The summed E-state index contributed by atoms with van der Waals surface area (Å²) in [5.74, 6) is -9.64. The summed E-state index contributed by atoms with van der Waals surface area (Å²) in [7, 11) is 0. The molecule has 1 heterocycles. The molecule has 0 unspecified atom stereocenters. The molecular weight excluding hydrogens is 284 g/mol. The van der Waals surface area contributed by atoms with Crippen molar-refractivity contribution in [2.24, 2.45) is 5.89 Å². The highest BCUT2D eigenvalue weighted by molar-refractivity contribution is 5.53. The molecule has 2 nitrogen and oxygen atoms in total. The number of rotatable bonds is 4. The Morgan fingerprint density at radius 2 is 2.39 bits per heavy atom. The van der Waals surface area contributed by atoms with Crippen LogP contribution in [-0.2, 0) is 6.37 Å². The molecule has 3 rings (SSSR count). The van der Waals surface area contributed by atoms with Crippen LogP contribution in [0.1, 0.15) is 107 Å². The van der Waals surface area contributed by atoms with Crippen LogP contribution in [0, 0.1) is 5.89 Å². The van der Waals surface area contributed by atoms with E-state index < -0.39 is 105 Å². The number of aromatic hydroxyl groups is 1. The predicted octanol–water partition coefficient (Wildman–Crippen LogP) is 5.74. The largest absolute Gasteiger partial charge is 0.507 e. The maximum atomic E-state index is 11.2. The van der Waals surface area contributed by atoms with Gasteiger partial charge in [0.05, 0.1) is 1.37 Å². The average molecular weight is 337 g/mol. The van der Waals surface area contributed by atoms with Crippen LogP contribution < -0.4 is 4.74 Å². The Labute approximate surface area is 171 Å². The smallest absolute Gasteiger partial charge is 0.127 e. The van der Waals surface area contributed by atoms with Crippen molar-refractivity contribution < 1.29 is 40.0 Å². The first-order chi connectivity index (χ1) is 19.5. The Kier molecular flexibility index (Phi) is 1.19. The molecule has 1 aromatic carbocycles. The molecule has 0 saturated carbocycles. The predicted molar refractivity (Wildman–Crippen MR) is 95.3 cm³/mol. The summed E-state index contributed by atoms with van der Waals surface area (Å²) < 4.78 is 187. The lowest BCUT2D eigenvalue weighted by Crippen LogP contribution is -2.45. The Morgan fingerprint density at radius 3 is 3.17 bits per heavy atom. The van der Waals surface area contributed by atoms with Gasteiger partial charge in [0.1, 0.15) is 17.1 Å². The van der Waals surface area contributed by atoms with Crippen LogP contribution in [0.2, 0.25) is 0 Å². The van der Waals surface area contributed by atoms with Crippen molar-refractivity contribution in [3.8, 4) is 11.5 Å². The van der Waals surface area contributed by atoms with Crippen LogP contribution in [0.25, 0.3) is 0 Å². The molecule has 0 bridgehead atoms. The lowest BCUT2D eigenvalue weighted by Gasteiger charge is -2.46. The number of fused-ring (bicyclic) bond motifs is 3. The minimum Gasteiger partial charge on any atom is -0.507 e. The fraction of sp³-hybridized carbons (Fsp3) is 0.619. The van der Waals surface area contributed by atoms with Gasteiger partial charge in [-0.05, 0) is 63.9 Å². The number of benzene rings is 1. The molecule has 1 aromatic rings. The molecular formula is C21H30O2. The second-order valence-electron chi connectivity index (χ2n) is 5.16. The third-order valence-electron chi connectivity index (χ3n) is 3.40. The van der Waals surface area contributed by atoms with Gasteiger partial charge in [0.2, 0.25) is 0 Å². The quantitative estimate of drug-likeness (QED) is 0.711. The van der Waals surface area contributed by atoms with Gasteiger partial charge in [-0.25, -0.2) is 0 Å². The molecule has 126 valence electrons. The molecule has 0 aromatic heterocycles. The minimum absolute atomic E-state index is 0.231. The zero-order valence-electron chi connectivity index (χ0n) is 34.2. The third-order valence-corrected chi connectivity index (χ3v) is 3.40. The first kappa shape index (κ1) is 4.39. The van der Waals surface area contributed by atoms with Crippen LogP contribution in [0.3, 0.4) is 0 Å².